The molecule has 0 aliphatic rings. The maximum Gasteiger partial charge on any atom is 0.316 e. The normalized spacial score (nSPS) is 16.4. The Morgan fingerprint density at radius 2 is 1.14 bits per heavy atom. The van der Waals surface area contributed by atoms with Gasteiger partial charge in [-0.05, 0) is 51.4 Å². The minimum atomic E-state index is -1.27. The summed E-state index contributed by atoms with van der Waals surface area (Å²) in [6, 6.07) is -0.292. The Morgan fingerprint density at radius 1 is 0.676 bits per heavy atom. The molecule has 5 N–H and O–H groups in total. The van der Waals surface area contributed by atoms with E-state index < -0.39 is 63.5 Å². The third kappa shape index (κ3) is 14.3. The highest BCUT2D eigenvalue weighted by atomic mass is 32.2. The third-order valence-corrected chi connectivity index (χ3v) is 7.35. The first-order valence-electron chi connectivity index (χ1n) is 12.5. The Morgan fingerprint density at radius 3 is 1.49 bits per heavy atom. The van der Waals surface area contributed by atoms with Crippen molar-refractivity contribution in [2.24, 2.45) is 29.1 Å². The first-order chi connectivity index (χ1) is 16.6. The highest BCUT2D eigenvalue weighted by molar-refractivity contribution is 8.01. The summed E-state index contributed by atoms with van der Waals surface area (Å²) < 4.78 is -0.458. The van der Waals surface area contributed by atoms with Crippen LogP contribution in [0, 0.1) is 29.1 Å². The number of hydrogen-bond donors (Lipinski definition) is 5. The quantitative estimate of drug-likeness (QED) is 0.177. The minimum Gasteiger partial charge on any atom is -0.481 e. The van der Waals surface area contributed by atoms with E-state index >= 15 is 0 Å². The number of nitrogens with one attached hydrogen (secondary N) is 1. The van der Waals surface area contributed by atoms with Gasteiger partial charge >= 0.3 is 23.9 Å². The molecule has 37 heavy (non-hydrogen) atoms. The van der Waals surface area contributed by atoms with E-state index in [-0.39, 0.29) is 37.1 Å². The SMILES string of the molecule is CC(C)NC(=O)C(CC(CC(C)C(=O)O)C(=O)O)CC(CC(SC(C)(C)CC(C)(C)C)C(=O)O)C(=O)O. The van der Waals surface area contributed by atoms with Gasteiger partial charge in [-0.3, -0.25) is 24.0 Å². The highest BCUT2D eigenvalue weighted by Gasteiger charge is 2.38. The fraction of sp³-hybridized carbons (Fsp3) is 0.808. The van der Waals surface area contributed by atoms with Crippen molar-refractivity contribution in [3.63, 3.8) is 0 Å². The molecular formula is C26H45NO9S. The Bertz CT molecular complexity index is 819. The summed E-state index contributed by atoms with van der Waals surface area (Å²) in [7, 11) is 0. The van der Waals surface area contributed by atoms with E-state index in [9.17, 15) is 44.4 Å². The second kappa shape index (κ2) is 14.6. The topological polar surface area (TPSA) is 178 Å². The van der Waals surface area contributed by atoms with Gasteiger partial charge in [0.15, 0.2) is 0 Å². The Balaban J connectivity index is 5.99. The highest BCUT2D eigenvalue weighted by Crippen LogP contribution is 2.41. The Hall–Kier alpha value is -2.30. The molecule has 0 fully saturated rings. The van der Waals surface area contributed by atoms with Crippen molar-refractivity contribution >= 4 is 41.5 Å². The van der Waals surface area contributed by atoms with Crippen molar-refractivity contribution in [2.45, 2.75) is 104 Å². The second-order valence-electron chi connectivity index (χ2n) is 12.1. The number of rotatable bonds is 17. The molecule has 0 aliphatic carbocycles. The van der Waals surface area contributed by atoms with Gasteiger partial charge in [-0.2, -0.15) is 0 Å². The Labute approximate surface area is 224 Å². The summed E-state index contributed by atoms with van der Waals surface area (Å²) in [5, 5.41) is 40.3. The van der Waals surface area contributed by atoms with Crippen molar-refractivity contribution in [3.8, 4) is 0 Å². The largest absolute Gasteiger partial charge is 0.481 e. The molecule has 0 aliphatic heterocycles. The number of carbonyl (C=O) groups is 5. The van der Waals surface area contributed by atoms with Gasteiger partial charge in [0.05, 0.1) is 17.8 Å². The number of carboxylic acid groups (broad SMARTS) is 4. The van der Waals surface area contributed by atoms with Gasteiger partial charge in [-0.15, -0.1) is 11.8 Å². The second-order valence-corrected chi connectivity index (χ2v) is 14.0. The molecule has 0 rings (SSSR count). The van der Waals surface area contributed by atoms with E-state index in [1.807, 2.05) is 34.6 Å². The fourth-order valence-corrected chi connectivity index (χ4v) is 6.40. The van der Waals surface area contributed by atoms with Crippen LogP contribution in [0.25, 0.3) is 0 Å². The van der Waals surface area contributed by atoms with E-state index in [2.05, 4.69) is 5.32 Å². The molecule has 214 valence electrons. The molecule has 0 aromatic heterocycles. The molecule has 0 radical (unpaired) electrons. The van der Waals surface area contributed by atoms with Crippen molar-refractivity contribution < 1.29 is 44.4 Å². The predicted octanol–water partition coefficient (Wildman–Crippen LogP) is 4.21. The zero-order valence-electron chi connectivity index (χ0n) is 23.2. The van der Waals surface area contributed by atoms with Crippen LogP contribution in [-0.2, 0) is 24.0 Å². The third-order valence-electron chi connectivity index (χ3n) is 5.89. The number of carbonyl (C=O) groups excluding carboxylic acids is 1. The monoisotopic (exact) mass is 547 g/mol. The van der Waals surface area contributed by atoms with Gasteiger partial charge in [0, 0.05) is 16.7 Å². The van der Waals surface area contributed by atoms with Gasteiger partial charge in [-0.1, -0.05) is 41.5 Å². The summed E-state index contributed by atoms with van der Waals surface area (Å²) in [4.78, 5) is 60.4. The van der Waals surface area contributed by atoms with E-state index in [0.717, 1.165) is 0 Å². The van der Waals surface area contributed by atoms with Crippen molar-refractivity contribution in [2.75, 3.05) is 0 Å². The lowest BCUT2D eigenvalue weighted by Gasteiger charge is -2.34. The molecule has 0 saturated heterocycles. The van der Waals surface area contributed by atoms with Crippen LogP contribution < -0.4 is 5.32 Å². The number of aliphatic carboxylic acids is 4. The number of amides is 1. The zero-order valence-corrected chi connectivity index (χ0v) is 24.1. The maximum absolute atomic E-state index is 13.0. The van der Waals surface area contributed by atoms with E-state index in [1.165, 1.54) is 18.7 Å². The van der Waals surface area contributed by atoms with E-state index in [4.69, 9.17) is 0 Å². The summed E-state index contributed by atoms with van der Waals surface area (Å²) in [5.41, 5.74) is -0.0787. The molecule has 11 heteroatoms. The van der Waals surface area contributed by atoms with Crippen molar-refractivity contribution in [1.29, 1.82) is 0 Å². The van der Waals surface area contributed by atoms with Crippen LogP contribution in [0.15, 0.2) is 0 Å². The van der Waals surface area contributed by atoms with Crippen molar-refractivity contribution in [1.82, 2.24) is 5.32 Å². The fourth-order valence-electron chi connectivity index (χ4n) is 4.68. The standard InChI is InChI=1S/C26H45NO9S/c1-14(2)27-20(28)16(10-17(22(31)32)9-15(3)21(29)30)11-18(23(33)34)12-19(24(35)36)37-26(7,8)13-25(4,5)6/h14-19H,9-13H2,1-8H3,(H,27,28)(H,29,30)(H,31,32)(H,33,34)(H,35,36). The first-order valence-corrected chi connectivity index (χ1v) is 13.4. The van der Waals surface area contributed by atoms with Gasteiger partial charge in [-0.25, -0.2) is 0 Å². The Kier molecular flexibility index (Phi) is 13.7. The average Bonchev–Trinajstić information content (AvgIpc) is 2.67. The molecule has 5 atom stereocenters. The lowest BCUT2D eigenvalue weighted by Crippen LogP contribution is -2.40. The molecule has 1 amide bonds. The average molecular weight is 548 g/mol. The van der Waals surface area contributed by atoms with Gasteiger partial charge in [0.1, 0.15) is 5.25 Å². The van der Waals surface area contributed by atoms with E-state index in [1.54, 1.807) is 13.8 Å². The van der Waals surface area contributed by atoms with Gasteiger partial charge in [0.2, 0.25) is 5.91 Å². The minimum absolute atomic E-state index is 0.0787. The smallest absolute Gasteiger partial charge is 0.316 e. The molecular weight excluding hydrogens is 502 g/mol. The molecule has 0 spiro atoms. The van der Waals surface area contributed by atoms with Crippen LogP contribution in [0.3, 0.4) is 0 Å². The summed E-state index contributed by atoms with van der Waals surface area (Å²) in [6.07, 6.45) is -0.285. The zero-order chi connectivity index (χ0) is 29.3. The van der Waals surface area contributed by atoms with Gasteiger partial charge < -0.3 is 25.7 Å². The van der Waals surface area contributed by atoms with Crippen LogP contribution in [0.2, 0.25) is 0 Å². The number of thioether (sulfide) groups is 1. The number of carboxylic acids is 4. The molecule has 0 aromatic rings. The lowest BCUT2D eigenvalue weighted by molar-refractivity contribution is -0.146. The van der Waals surface area contributed by atoms with E-state index in [0.29, 0.717) is 6.42 Å². The van der Waals surface area contributed by atoms with Crippen LogP contribution in [0.1, 0.15) is 87.5 Å². The molecule has 10 nitrogen and oxygen atoms in total. The van der Waals surface area contributed by atoms with Crippen LogP contribution in [0.5, 0.6) is 0 Å². The maximum atomic E-state index is 13.0. The molecule has 0 heterocycles. The molecule has 0 bridgehead atoms. The summed E-state index contributed by atoms with van der Waals surface area (Å²) in [5.74, 6) is -9.82. The molecule has 0 aromatic carbocycles. The molecule has 0 saturated carbocycles. The van der Waals surface area contributed by atoms with Crippen LogP contribution >= 0.6 is 11.8 Å². The lowest BCUT2D eigenvalue weighted by atomic mass is 9.81. The molecule has 5 unspecified atom stereocenters. The number of hydrogen-bond acceptors (Lipinski definition) is 6. The van der Waals surface area contributed by atoms with Crippen LogP contribution in [-0.4, -0.2) is 66.2 Å². The first kappa shape index (κ1) is 34.7. The summed E-state index contributed by atoms with van der Waals surface area (Å²) >= 11 is 1.18. The predicted molar refractivity (Wildman–Crippen MR) is 141 cm³/mol. The van der Waals surface area contributed by atoms with Crippen LogP contribution in [0.4, 0.5) is 0 Å². The van der Waals surface area contributed by atoms with Gasteiger partial charge in [0.25, 0.3) is 0 Å². The summed E-state index contributed by atoms with van der Waals surface area (Å²) in [6.45, 7) is 14.7. The van der Waals surface area contributed by atoms with Crippen molar-refractivity contribution in [3.05, 3.63) is 0 Å².